The van der Waals surface area contributed by atoms with Gasteiger partial charge in [-0.15, -0.1) is 0 Å². The topological polar surface area (TPSA) is 237 Å². The first-order valence-electron chi connectivity index (χ1n) is 44.8. The van der Waals surface area contributed by atoms with Gasteiger partial charge in [0.05, 0.1) is 26.4 Å². The maximum absolute atomic E-state index is 13.2. The van der Waals surface area contributed by atoms with Crippen molar-refractivity contribution < 1.29 is 80.2 Å². The molecule has 5 atom stereocenters. The minimum atomic E-state index is -4.97. The second-order valence-electron chi connectivity index (χ2n) is 32.7. The van der Waals surface area contributed by atoms with Crippen LogP contribution >= 0.6 is 15.6 Å². The van der Waals surface area contributed by atoms with Crippen LogP contribution in [0.2, 0.25) is 0 Å². The molecule has 0 aromatic carbocycles. The van der Waals surface area contributed by atoms with Crippen molar-refractivity contribution in [1.29, 1.82) is 0 Å². The molecule has 0 bridgehead atoms. The van der Waals surface area contributed by atoms with E-state index in [1.54, 1.807) is 0 Å². The fourth-order valence-electron chi connectivity index (χ4n) is 13.5. The van der Waals surface area contributed by atoms with Crippen LogP contribution in [-0.4, -0.2) is 96.7 Å². The van der Waals surface area contributed by atoms with Crippen molar-refractivity contribution in [1.82, 2.24) is 0 Å². The monoisotopic (exact) mass is 1550 g/mol. The number of hydrogen-bond donors (Lipinski definition) is 3. The molecule has 0 rings (SSSR count). The Hall–Kier alpha value is -1.94. The molecule has 0 aliphatic heterocycles. The van der Waals surface area contributed by atoms with Crippen molar-refractivity contribution >= 4 is 39.5 Å². The van der Waals surface area contributed by atoms with E-state index in [1.165, 1.54) is 270 Å². The van der Waals surface area contributed by atoms with E-state index in [1.807, 2.05) is 0 Å². The summed E-state index contributed by atoms with van der Waals surface area (Å²) < 4.78 is 68.9. The molecule has 2 unspecified atom stereocenters. The van der Waals surface area contributed by atoms with E-state index in [9.17, 15) is 43.2 Å². The van der Waals surface area contributed by atoms with Crippen LogP contribution in [0.4, 0.5) is 0 Å². The van der Waals surface area contributed by atoms with Crippen LogP contribution in [0.3, 0.4) is 0 Å². The van der Waals surface area contributed by atoms with Gasteiger partial charge in [-0.2, -0.15) is 0 Å². The third kappa shape index (κ3) is 80.1. The molecule has 3 N–H and O–H groups in total. The molecular formula is C87H170O17P2. The molecule has 0 aliphatic carbocycles. The molecule has 0 heterocycles. The van der Waals surface area contributed by atoms with Gasteiger partial charge in [-0.1, -0.05) is 408 Å². The summed E-state index contributed by atoms with van der Waals surface area (Å²) >= 11 is 0. The highest BCUT2D eigenvalue weighted by Gasteiger charge is 2.30. The second-order valence-corrected chi connectivity index (χ2v) is 35.6. The fourth-order valence-corrected chi connectivity index (χ4v) is 15.1. The Morgan fingerprint density at radius 2 is 0.434 bits per heavy atom. The lowest BCUT2D eigenvalue weighted by Crippen LogP contribution is -2.30. The lowest BCUT2D eigenvalue weighted by Gasteiger charge is -2.21. The highest BCUT2D eigenvalue weighted by atomic mass is 31.2. The van der Waals surface area contributed by atoms with E-state index in [0.717, 1.165) is 108 Å². The lowest BCUT2D eigenvalue weighted by atomic mass is 10.0. The number of carbonyl (C=O) groups is 4. The highest BCUT2D eigenvalue weighted by Crippen LogP contribution is 2.45. The number of aliphatic hydroxyl groups excluding tert-OH is 1. The smallest absolute Gasteiger partial charge is 0.462 e. The first kappa shape index (κ1) is 104. The molecule has 630 valence electrons. The number of hydrogen-bond acceptors (Lipinski definition) is 15. The van der Waals surface area contributed by atoms with Gasteiger partial charge in [0.2, 0.25) is 0 Å². The van der Waals surface area contributed by atoms with Crippen LogP contribution in [0.15, 0.2) is 0 Å². The van der Waals surface area contributed by atoms with Crippen molar-refractivity contribution in [3.8, 4) is 0 Å². The first-order chi connectivity index (χ1) is 51.2. The Morgan fingerprint density at radius 1 is 0.255 bits per heavy atom. The van der Waals surface area contributed by atoms with Gasteiger partial charge in [0, 0.05) is 25.7 Å². The van der Waals surface area contributed by atoms with Gasteiger partial charge in [-0.05, 0) is 43.4 Å². The Labute approximate surface area is 651 Å². The lowest BCUT2D eigenvalue weighted by molar-refractivity contribution is -0.161. The predicted molar refractivity (Wildman–Crippen MR) is 437 cm³/mol. The summed E-state index contributed by atoms with van der Waals surface area (Å²) in [4.78, 5) is 73.3. The number of esters is 4. The van der Waals surface area contributed by atoms with Gasteiger partial charge in [0.1, 0.15) is 19.3 Å². The van der Waals surface area contributed by atoms with Gasteiger partial charge in [-0.25, -0.2) is 9.13 Å². The van der Waals surface area contributed by atoms with E-state index >= 15 is 0 Å². The molecule has 0 saturated heterocycles. The highest BCUT2D eigenvalue weighted by molar-refractivity contribution is 7.47. The van der Waals surface area contributed by atoms with Crippen LogP contribution in [0.25, 0.3) is 0 Å². The summed E-state index contributed by atoms with van der Waals surface area (Å²) in [6.45, 7) is 12.0. The standard InChI is InChI=1S/C87H170O17P2/c1-8-9-10-11-12-13-14-15-16-17-21-24-27-33-40-47-54-61-68-84(89)97-74-82(103-86(91)70-63-56-49-41-34-28-25-22-19-18-20-23-26-31-37-44-51-58-65-78(2)3)76-101-105(93,94)99-72-81(88)73-100-106(95,96)102-77-83(75-98-85(90)69-62-55-48-43-36-39-46-53-60-67-80(6)7)104-87(92)71-64-57-50-42-35-30-29-32-38-45-52-59-66-79(4)5/h78-83,88H,8-77H2,1-7H3,(H,93,94)(H,95,96)/t81-,82-,83-/m1/s1. The quantitative estimate of drug-likeness (QED) is 0.0222. The maximum Gasteiger partial charge on any atom is 0.472 e. The third-order valence-electron chi connectivity index (χ3n) is 20.4. The van der Waals surface area contributed by atoms with E-state index in [2.05, 4.69) is 48.5 Å². The molecule has 0 fully saturated rings. The van der Waals surface area contributed by atoms with E-state index < -0.39 is 97.5 Å². The van der Waals surface area contributed by atoms with E-state index in [0.29, 0.717) is 25.7 Å². The van der Waals surface area contributed by atoms with Crippen molar-refractivity contribution in [2.45, 2.75) is 478 Å². The van der Waals surface area contributed by atoms with Crippen LogP contribution in [-0.2, 0) is 65.4 Å². The fraction of sp³-hybridized carbons (Fsp3) is 0.954. The first-order valence-corrected chi connectivity index (χ1v) is 47.8. The summed E-state index contributed by atoms with van der Waals surface area (Å²) in [5, 5.41) is 10.7. The van der Waals surface area contributed by atoms with Gasteiger partial charge in [-0.3, -0.25) is 37.3 Å². The Kier molecular flexibility index (Phi) is 75.6. The average Bonchev–Trinajstić information content (AvgIpc) is 0.900. The molecule has 17 nitrogen and oxygen atoms in total. The average molecular weight is 1550 g/mol. The molecule has 0 radical (unpaired) electrons. The Bertz CT molecular complexity index is 2040. The largest absolute Gasteiger partial charge is 0.472 e. The van der Waals surface area contributed by atoms with Crippen LogP contribution < -0.4 is 0 Å². The normalized spacial score (nSPS) is 13.9. The van der Waals surface area contributed by atoms with E-state index in [4.69, 9.17) is 37.0 Å². The van der Waals surface area contributed by atoms with Gasteiger partial charge >= 0.3 is 39.5 Å². The van der Waals surface area contributed by atoms with Gasteiger partial charge < -0.3 is 33.8 Å². The second kappa shape index (κ2) is 77.0. The summed E-state index contributed by atoms with van der Waals surface area (Å²) in [5.74, 6) is 0.238. The molecule has 0 aliphatic rings. The van der Waals surface area contributed by atoms with Crippen LogP contribution in [0.5, 0.6) is 0 Å². The summed E-state index contributed by atoms with van der Waals surface area (Å²) in [6.07, 6.45) is 68.1. The number of phosphoric ester groups is 2. The Morgan fingerprint density at radius 3 is 0.642 bits per heavy atom. The molecular weight excluding hydrogens is 1380 g/mol. The van der Waals surface area contributed by atoms with Crippen molar-refractivity contribution in [3.05, 3.63) is 0 Å². The minimum Gasteiger partial charge on any atom is -0.462 e. The van der Waals surface area contributed by atoms with Crippen molar-refractivity contribution in [3.63, 3.8) is 0 Å². The van der Waals surface area contributed by atoms with Gasteiger partial charge in [0.25, 0.3) is 0 Å². The maximum atomic E-state index is 13.2. The molecule has 0 aromatic rings. The molecule has 0 saturated carbocycles. The minimum absolute atomic E-state index is 0.107. The zero-order valence-corrected chi connectivity index (χ0v) is 71.7. The zero-order valence-electron chi connectivity index (χ0n) is 69.9. The summed E-state index contributed by atoms with van der Waals surface area (Å²) in [6, 6.07) is 0. The number of rotatable bonds is 85. The van der Waals surface area contributed by atoms with E-state index in [-0.39, 0.29) is 25.7 Å². The number of carbonyl (C=O) groups excluding carboxylic acids is 4. The van der Waals surface area contributed by atoms with Crippen LogP contribution in [0.1, 0.15) is 459 Å². The van der Waals surface area contributed by atoms with Crippen molar-refractivity contribution in [2.75, 3.05) is 39.6 Å². The molecule has 0 spiro atoms. The summed E-state index contributed by atoms with van der Waals surface area (Å²) in [5.41, 5.74) is 0. The number of phosphoric acid groups is 2. The SMILES string of the molecule is CCCCCCCCCCCCCCCCCCCCC(=O)OC[C@H](COP(=O)(O)OC[C@@H](O)COP(=O)(O)OC[C@@H](COC(=O)CCCCCCCCCCCC(C)C)OC(=O)CCCCCCCCCCCCCCC(C)C)OC(=O)CCCCCCCCCCCCCCCCCCCCC(C)C. The summed E-state index contributed by atoms with van der Waals surface area (Å²) in [7, 11) is -9.93. The van der Waals surface area contributed by atoms with Crippen molar-refractivity contribution in [2.24, 2.45) is 17.8 Å². The van der Waals surface area contributed by atoms with Gasteiger partial charge in [0.15, 0.2) is 12.2 Å². The number of unbranched alkanes of at least 4 members (excludes halogenated alkanes) is 53. The molecule has 0 aromatic heterocycles. The number of ether oxygens (including phenoxy) is 4. The molecule has 19 heteroatoms. The third-order valence-corrected chi connectivity index (χ3v) is 22.3. The Balaban J connectivity index is 5.25. The predicted octanol–water partition coefficient (Wildman–Crippen LogP) is 26.5. The molecule has 0 amide bonds. The zero-order chi connectivity index (χ0) is 77.9. The van der Waals surface area contributed by atoms with Crippen LogP contribution in [0, 0.1) is 17.8 Å². The number of aliphatic hydroxyl groups is 1. The molecule has 106 heavy (non-hydrogen) atoms.